The first kappa shape index (κ1) is 21.9. The number of hydrogen-bond acceptors (Lipinski definition) is 3. The first-order valence-corrected chi connectivity index (χ1v) is 9.60. The molecule has 1 aliphatic rings. The van der Waals surface area contributed by atoms with Gasteiger partial charge in [-0.15, -0.1) is 0 Å². The minimum absolute atomic E-state index is 0.000363. The summed E-state index contributed by atoms with van der Waals surface area (Å²) in [7, 11) is 0. The third-order valence-corrected chi connectivity index (χ3v) is 4.74. The lowest BCUT2D eigenvalue weighted by molar-refractivity contribution is -0.0498. The van der Waals surface area contributed by atoms with Crippen molar-refractivity contribution in [1.82, 2.24) is 10.6 Å². The molecule has 0 radical (unpaired) electrons. The van der Waals surface area contributed by atoms with E-state index >= 15 is 0 Å². The topological polar surface area (TPSA) is 65.9 Å². The molecule has 162 valence electrons. The summed E-state index contributed by atoms with van der Waals surface area (Å²) < 4.78 is 56.6. The van der Waals surface area contributed by atoms with Gasteiger partial charge in [-0.3, -0.25) is 4.99 Å². The van der Waals surface area contributed by atoms with Gasteiger partial charge in [0.15, 0.2) is 5.96 Å². The number of alkyl halides is 2. The van der Waals surface area contributed by atoms with Crippen LogP contribution in [0.1, 0.15) is 36.5 Å². The molecule has 0 bridgehead atoms. The highest BCUT2D eigenvalue weighted by atomic mass is 19.3. The second-order valence-electron chi connectivity index (χ2n) is 6.91. The van der Waals surface area contributed by atoms with E-state index in [2.05, 4.69) is 20.4 Å². The maximum Gasteiger partial charge on any atom is 0.387 e. The SMILES string of the molecule is CCNC(=NCC(O)c1ccc(OC(F)F)cc1)NC1CC1c1c(F)cccc1F. The van der Waals surface area contributed by atoms with Crippen molar-refractivity contribution in [2.24, 2.45) is 4.99 Å². The fraction of sp³-hybridized carbons (Fsp3) is 0.381. The van der Waals surface area contributed by atoms with Crippen molar-refractivity contribution in [2.45, 2.75) is 38.0 Å². The minimum atomic E-state index is -2.91. The Morgan fingerprint density at radius 3 is 2.43 bits per heavy atom. The minimum Gasteiger partial charge on any atom is -0.435 e. The van der Waals surface area contributed by atoms with Gasteiger partial charge in [0, 0.05) is 24.1 Å². The largest absolute Gasteiger partial charge is 0.435 e. The summed E-state index contributed by atoms with van der Waals surface area (Å²) in [5.74, 6) is -1.01. The quantitative estimate of drug-likeness (QED) is 0.343. The maximum absolute atomic E-state index is 13.9. The molecule has 0 amide bonds. The van der Waals surface area contributed by atoms with Crippen LogP contribution in [-0.4, -0.2) is 36.8 Å². The number of halogens is 4. The van der Waals surface area contributed by atoms with Crippen LogP contribution in [0.3, 0.4) is 0 Å². The first-order valence-electron chi connectivity index (χ1n) is 9.60. The highest BCUT2D eigenvalue weighted by molar-refractivity contribution is 5.80. The molecular weight excluding hydrogens is 402 g/mol. The molecule has 0 spiro atoms. The van der Waals surface area contributed by atoms with E-state index in [0.29, 0.717) is 24.5 Å². The van der Waals surface area contributed by atoms with Crippen molar-refractivity contribution in [3.05, 3.63) is 65.2 Å². The number of hydrogen-bond donors (Lipinski definition) is 3. The zero-order valence-corrected chi connectivity index (χ0v) is 16.3. The van der Waals surface area contributed by atoms with E-state index < -0.39 is 24.3 Å². The Balaban J connectivity index is 1.60. The number of aliphatic hydroxyl groups excluding tert-OH is 1. The van der Waals surface area contributed by atoms with Gasteiger partial charge in [-0.25, -0.2) is 8.78 Å². The molecule has 2 aromatic carbocycles. The van der Waals surface area contributed by atoms with E-state index in [-0.39, 0.29) is 29.8 Å². The van der Waals surface area contributed by atoms with Gasteiger partial charge in [0.25, 0.3) is 0 Å². The normalized spacial score (nSPS) is 19.5. The molecule has 3 rings (SSSR count). The molecule has 1 saturated carbocycles. The summed E-state index contributed by atoms with van der Waals surface area (Å²) >= 11 is 0. The van der Waals surface area contributed by atoms with Crippen molar-refractivity contribution in [2.75, 3.05) is 13.1 Å². The van der Waals surface area contributed by atoms with Crippen LogP contribution in [0, 0.1) is 11.6 Å². The van der Waals surface area contributed by atoms with Crippen molar-refractivity contribution < 1.29 is 27.4 Å². The number of ether oxygens (including phenoxy) is 1. The van der Waals surface area contributed by atoms with Gasteiger partial charge >= 0.3 is 6.61 Å². The Kier molecular flexibility index (Phi) is 7.15. The van der Waals surface area contributed by atoms with E-state index in [1.54, 1.807) is 0 Å². The van der Waals surface area contributed by atoms with Gasteiger partial charge in [0.1, 0.15) is 17.4 Å². The zero-order valence-electron chi connectivity index (χ0n) is 16.3. The van der Waals surface area contributed by atoms with Crippen LogP contribution in [0.5, 0.6) is 5.75 Å². The molecular formula is C21H23F4N3O2. The number of rotatable bonds is 8. The number of nitrogens with zero attached hydrogens (tertiary/aromatic N) is 1. The number of aliphatic hydroxyl groups is 1. The van der Waals surface area contributed by atoms with Gasteiger partial charge in [-0.05, 0) is 43.2 Å². The summed E-state index contributed by atoms with van der Waals surface area (Å²) in [4.78, 5) is 4.32. The summed E-state index contributed by atoms with van der Waals surface area (Å²) in [6, 6.07) is 9.29. The number of benzene rings is 2. The molecule has 2 aromatic rings. The predicted octanol–water partition coefficient (Wildman–Crippen LogP) is 3.71. The fourth-order valence-electron chi connectivity index (χ4n) is 3.19. The van der Waals surface area contributed by atoms with Crippen molar-refractivity contribution >= 4 is 5.96 Å². The van der Waals surface area contributed by atoms with Crippen molar-refractivity contribution in [1.29, 1.82) is 0 Å². The Hall–Kier alpha value is -2.81. The van der Waals surface area contributed by atoms with E-state index in [1.807, 2.05) is 6.92 Å². The summed E-state index contributed by atoms with van der Waals surface area (Å²) in [5, 5.41) is 16.5. The molecule has 0 aliphatic heterocycles. The van der Waals surface area contributed by atoms with Crippen molar-refractivity contribution in [3.8, 4) is 5.75 Å². The van der Waals surface area contributed by atoms with Crippen LogP contribution in [-0.2, 0) is 0 Å². The smallest absolute Gasteiger partial charge is 0.387 e. The van der Waals surface area contributed by atoms with Crippen LogP contribution >= 0.6 is 0 Å². The molecule has 0 saturated heterocycles. The molecule has 0 aromatic heterocycles. The number of aliphatic imine (C=N–C) groups is 1. The number of nitrogens with one attached hydrogen (secondary N) is 2. The highest BCUT2D eigenvalue weighted by Gasteiger charge is 2.42. The average Bonchev–Trinajstić information content (AvgIpc) is 3.44. The molecule has 3 unspecified atom stereocenters. The van der Waals surface area contributed by atoms with Crippen molar-refractivity contribution in [3.63, 3.8) is 0 Å². The highest BCUT2D eigenvalue weighted by Crippen LogP contribution is 2.43. The standard InChI is InChI=1S/C21H23F4N3O2/c1-2-26-21(28-17-10-14(17)19-15(22)4-3-5-16(19)23)27-11-18(29)12-6-8-13(9-7-12)30-20(24)25/h3-9,14,17-18,20,29H,2,10-11H2,1H3,(H2,26,27,28). The molecule has 5 nitrogen and oxygen atoms in total. The second kappa shape index (κ2) is 9.80. The summed E-state index contributed by atoms with van der Waals surface area (Å²) in [5.41, 5.74) is 0.561. The molecule has 1 fully saturated rings. The predicted molar refractivity (Wildman–Crippen MR) is 105 cm³/mol. The Bertz CT molecular complexity index is 857. The number of guanidine groups is 1. The Morgan fingerprint density at radius 2 is 1.83 bits per heavy atom. The lowest BCUT2D eigenvalue weighted by atomic mass is 10.1. The van der Waals surface area contributed by atoms with Crippen LogP contribution in [0.4, 0.5) is 17.6 Å². The van der Waals surface area contributed by atoms with E-state index in [0.717, 1.165) is 0 Å². The van der Waals surface area contributed by atoms with Gasteiger partial charge in [-0.2, -0.15) is 8.78 Å². The Morgan fingerprint density at radius 1 is 1.17 bits per heavy atom. The molecule has 3 atom stereocenters. The Labute approximate surface area is 171 Å². The molecule has 3 N–H and O–H groups in total. The maximum atomic E-state index is 13.9. The van der Waals surface area contributed by atoms with Gasteiger partial charge in [0.05, 0.1) is 12.6 Å². The van der Waals surface area contributed by atoms with Gasteiger partial charge in [0.2, 0.25) is 0 Å². The van der Waals surface area contributed by atoms with Crippen LogP contribution in [0.25, 0.3) is 0 Å². The zero-order chi connectivity index (χ0) is 21.7. The average molecular weight is 425 g/mol. The molecule has 0 heterocycles. The lowest BCUT2D eigenvalue weighted by Crippen LogP contribution is -2.39. The summed E-state index contributed by atoms with van der Waals surface area (Å²) in [6.45, 7) is -0.470. The molecule has 30 heavy (non-hydrogen) atoms. The van der Waals surface area contributed by atoms with E-state index in [4.69, 9.17) is 0 Å². The molecule has 9 heteroatoms. The van der Waals surface area contributed by atoms with Crippen LogP contribution < -0.4 is 15.4 Å². The van der Waals surface area contributed by atoms with Gasteiger partial charge < -0.3 is 20.5 Å². The van der Waals surface area contributed by atoms with Crippen LogP contribution in [0.15, 0.2) is 47.5 Å². The first-order chi connectivity index (χ1) is 14.4. The summed E-state index contributed by atoms with van der Waals surface area (Å²) in [6.07, 6.45) is -0.392. The lowest BCUT2D eigenvalue weighted by Gasteiger charge is -2.14. The monoisotopic (exact) mass is 425 g/mol. The van der Waals surface area contributed by atoms with Crippen LogP contribution in [0.2, 0.25) is 0 Å². The van der Waals surface area contributed by atoms with E-state index in [9.17, 15) is 22.7 Å². The van der Waals surface area contributed by atoms with E-state index in [1.165, 1.54) is 42.5 Å². The van der Waals surface area contributed by atoms with Gasteiger partial charge in [-0.1, -0.05) is 18.2 Å². The third kappa shape index (κ3) is 5.63. The second-order valence-corrected chi connectivity index (χ2v) is 6.91. The molecule has 1 aliphatic carbocycles. The third-order valence-electron chi connectivity index (χ3n) is 4.74. The fourth-order valence-corrected chi connectivity index (χ4v) is 3.19.